The second-order valence-electron chi connectivity index (χ2n) is 6.83. The molecule has 2 aromatic heterocycles. The summed E-state index contributed by atoms with van der Waals surface area (Å²) in [5, 5.41) is 10.7. The van der Waals surface area contributed by atoms with Crippen LogP contribution in [0.2, 0.25) is 0 Å². The van der Waals surface area contributed by atoms with Gasteiger partial charge in [0.05, 0.1) is 11.9 Å². The fourth-order valence-corrected chi connectivity index (χ4v) is 3.82. The molecule has 1 aromatic carbocycles. The van der Waals surface area contributed by atoms with E-state index < -0.39 is 0 Å². The van der Waals surface area contributed by atoms with Crippen LogP contribution in [-0.2, 0) is 0 Å². The first-order valence-corrected chi connectivity index (χ1v) is 8.92. The third-order valence-electron chi connectivity index (χ3n) is 5.26. The van der Waals surface area contributed by atoms with Crippen LogP contribution < -0.4 is 5.69 Å². The van der Waals surface area contributed by atoms with E-state index in [4.69, 9.17) is 0 Å². The number of aryl methyl sites for hydroxylation is 1. The van der Waals surface area contributed by atoms with Crippen molar-refractivity contribution in [2.24, 2.45) is 0 Å². The van der Waals surface area contributed by atoms with Gasteiger partial charge in [-0.3, -0.25) is 4.90 Å². The predicted molar refractivity (Wildman–Crippen MR) is 97.6 cm³/mol. The molecule has 0 aliphatic carbocycles. The molecule has 3 aromatic rings. The van der Waals surface area contributed by atoms with Gasteiger partial charge in [0.15, 0.2) is 0 Å². The molecule has 0 unspecified atom stereocenters. The molecular weight excluding hydrogens is 314 g/mol. The maximum Gasteiger partial charge on any atom is 0.363 e. The molecule has 0 bridgehead atoms. The third-order valence-corrected chi connectivity index (χ3v) is 5.26. The highest BCUT2D eigenvalue weighted by Crippen LogP contribution is 2.30. The first-order chi connectivity index (χ1) is 12.1. The Morgan fingerprint density at radius 1 is 1.12 bits per heavy atom. The number of hydrogen-bond donors (Lipinski definition) is 1. The lowest BCUT2D eigenvalue weighted by Gasteiger charge is -2.32. The van der Waals surface area contributed by atoms with Crippen LogP contribution >= 0.6 is 0 Å². The first-order valence-electron chi connectivity index (χ1n) is 8.92. The Labute approximate surface area is 146 Å². The number of piperidine rings is 1. The molecule has 0 saturated carbocycles. The molecule has 1 aliphatic heterocycles. The van der Waals surface area contributed by atoms with Crippen LogP contribution in [0.4, 0.5) is 0 Å². The average Bonchev–Trinajstić information content (AvgIpc) is 2.99. The fraction of sp³-hybridized carbons (Fsp3) is 0.421. The Kier molecular flexibility index (Phi) is 4.13. The molecule has 0 spiro atoms. The lowest BCUT2D eigenvalue weighted by molar-refractivity contribution is 0.175. The Balaban J connectivity index is 1.68. The maximum atomic E-state index is 11.9. The second kappa shape index (κ2) is 6.44. The van der Waals surface area contributed by atoms with Gasteiger partial charge in [-0.1, -0.05) is 30.7 Å². The van der Waals surface area contributed by atoms with Gasteiger partial charge >= 0.3 is 5.69 Å². The van der Waals surface area contributed by atoms with Crippen molar-refractivity contribution in [3.05, 3.63) is 52.2 Å². The highest BCUT2D eigenvalue weighted by atomic mass is 16.1. The largest absolute Gasteiger partial charge is 0.363 e. The lowest BCUT2D eigenvalue weighted by atomic mass is 9.99. The Hall–Kier alpha value is -2.47. The van der Waals surface area contributed by atoms with Gasteiger partial charge in [-0.15, -0.1) is 0 Å². The predicted octanol–water partition coefficient (Wildman–Crippen LogP) is 2.94. The van der Waals surface area contributed by atoms with Gasteiger partial charge in [0.25, 0.3) is 0 Å². The van der Waals surface area contributed by atoms with Gasteiger partial charge in [-0.2, -0.15) is 14.7 Å². The third kappa shape index (κ3) is 2.87. The van der Waals surface area contributed by atoms with Crippen LogP contribution in [0.1, 0.15) is 43.5 Å². The summed E-state index contributed by atoms with van der Waals surface area (Å²) < 4.78 is 1.38. The van der Waals surface area contributed by atoms with E-state index in [-0.39, 0.29) is 5.69 Å². The van der Waals surface area contributed by atoms with Gasteiger partial charge in [0, 0.05) is 11.6 Å². The van der Waals surface area contributed by atoms with Crippen molar-refractivity contribution in [3.63, 3.8) is 0 Å². The van der Waals surface area contributed by atoms with E-state index in [1.165, 1.54) is 42.4 Å². The Bertz CT molecular complexity index is 935. The minimum absolute atomic E-state index is 0.317. The number of hydrogen-bond acceptors (Lipinski definition) is 4. The minimum Gasteiger partial charge on any atom is -0.297 e. The standard InChI is InChI=1S/C19H23N5O/c1-13-18(17-12-20-21-19(25)24(17)22-13)16-8-6-15(7-9-16)14(2)23-10-4-3-5-11-23/h6-9,12,14H,3-5,10-11H2,1-2H3,(H,21,25)/t14-/m1/s1. The van der Waals surface area contributed by atoms with Crippen molar-refractivity contribution < 1.29 is 0 Å². The van der Waals surface area contributed by atoms with E-state index in [1.54, 1.807) is 6.20 Å². The summed E-state index contributed by atoms with van der Waals surface area (Å²) in [5.41, 5.74) is 4.61. The van der Waals surface area contributed by atoms with Crippen LogP contribution in [-0.4, -0.2) is 37.8 Å². The number of H-pyrrole nitrogens is 1. The molecule has 4 rings (SSSR count). The molecule has 6 nitrogen and oxygen atoms in total. The Morgan fingerprint density at radius 3 is 2.56 bits per heavy atom. The summed E-state index contributed by atoms with van der Waals surface area (Å²) in [4.78, 5) is 14.4. The fourth-order valence-electron chi connectivity index (χ4n) is 3.82. The van der Waals surface area contributed by atoms with Crippen molar-refractivity contribution in [2.75, 3.05) is 13.1 Å². The van der Waals surface area contributed by atoms with Gasteiger partial charge in [-0.05, 0) is 50.9 Å². The minimum atomic E-state index is -0.317. The molecule has 1 N–H and O–H groups in total. The molecule has 0 radical (unpaired) electrons. The Morgan fingerprint density at radius 2 is 1.84 bits per heavy atom. The van der Waals surface area contributed by atoms with E-state index in [0.717, 1.165) is 22.3 Å². The van der Waals surface area contributed by atoms with Gasteiger partial charge < -0.3 is 0 Å². The molecule has 25 heavy (non-hydrogen) atoms. The first kappa shape index (κ1) is 16.0. The van der Waals surface area contributed by atoms with Crippen molar-refractivity contribution in [1.29, 1.82) is 0 Å². The molecule has 1 aliphatic rings. The maximum absolute atomic E-state index is 11.9. The zero-order valence-corrected chi connectivity index (χ0v) is 14.7. The van der Waals surface area contributed by atoms with Crippen LogP contribution in [0.25, 0.3) is 16.6 Å². The van der Waals surface area contributed by atoms with E-state index in [2.05, 4.69) is 51.4 Å². The van der Waals surface area contributed by atoms with Crippen LogP contribution in [0.15, 0.2) is 35.3 Å². The number of fused-ring (bicyclic) bond motifs is 1. The van der Waals surface area contributed by atoms with Crippen LogP contribution in [0, 0.1) is 6.92 Å². The molecule has 3 heterocycles. The van der Waals surface area contributed by atoms with E-state index in [0.29, 0.717) is 6.04 Å². The van der Waals surface area contributed by atoms with E-state index in [9.17, 15) is 4.79 Å². The molecule has 6 heteroatoms. The number of nitrogens with zero attached hydrogens (tertiary/aromatic N) is 4. The molecule has 1 fully saturated rings. The summed E-state index contributed by atoms with van der Waals surface area (Å²) >= 11 is 0. The van der Waals surface area contributed by atoms with Crippen molar-refractivity contribution in [3.8, 4) is 11.1 Å². The number of nitrogens with one attached hydrogen (secondary N) is 1. The molecular formula is C19H23N5O. The van der Waals surface area contributed by atoms with E-state index in [1.807, 2.05) is 6.92 Å². The average molecular weight is 337 g/mol. The van der Waals surface area contributed by atoms with Crippen LogP contribution in [0.3, 0.4) is 0 Å². The zero-order valence-electron chi connectivity index (χ0n) is 14.7. The van der Waals surface area contributed by atoms with Crippen molar-refractivity contribution in [2.45, 2.75) is 39.2 Å². The molecule has 0 amide bonds. The smallest absolute Gasteiger partial charge is 0.297 e. The van der Waals surface area contributed by atoms with Crippen LogP contribution in [0.5, 0.6) is 0 Å². The molecule has 1 atom stereocenters. The molecule has 130 valence electrons. The summed E-state index contributed by atoms with van der Waals surface area (Å²) in [6.45, 7) is 6.57. The van der Waals surface area contributed by atoms with Crippen molar-refractivity contribution in [1.82, 2.24) is 24.7 Å². The summed E-state index contributed by atoms with van der Waals surface area (Å²) in [6, 6.07) is 9.07. The lowest BCUT2D eigenvalue weighted by Crippen LogP contribution is -2.32. The van der Waals surface area contributed by atoms with Crippen molar-refractivity contribution >= 4 is 5.52 Å². The SMILES string of the molecule is Cc1nn2c(=O)[nH]ncc2c1-c1ccc([C@@H](C)N2CCCCC2)cc1. The number of rotatable bonds is 3. The number of likely N-dealkylation sites (tertiary alicyclic amines) is 1. The zero-order chi connectivity index (χ0) is 17.4. The number of benzene rings is 1. The van der Waals surface area contributed by atoms with Gasteiger partial charge in [-0.25, -0.2) is 9.89 Å². The van der Waals surface area contributed by atoms with E-state index >= 15 is 0 Å². The number of aromatic amines is 1. The highest BCUT2D eigenvalue weighted by Gasteiger charge is 2.19. The summed E-state index contributed by atoms with van der Waals surface area (Å²) in [7, 11) is 0. The second-order valence-corrected chi connectivity index (χ2v) is 6.83. The number of aromatic nitrogens is 4. The topological polar surface area (TPSA) is 66.3 Å². The highest BCUT2D eigenvalue weighted by molar-refractivity contribution is 5.81. The summed E-state index contributed by atoms with van der Waals surface area (Å²) in [5.74, 6) is 0. The monoisotopic (exact) mass is 337 g/mol. The summed E-state index contributed by atoms with van der Waals surface area (Å²) in [6.07, 6.45) is 5.60. The van der Waals surface area contributed by atoms with Gasteiger partial charge in [0.2, 0.25) is 0 Å². The van der Waals surface area contributed by atoms with Gasteiger partial charge in [0.1, 0.15) is 5.52 Å². The quantitative estimate of drug-likeness (QED) is 0.798. The normalized spacial score (nSPS) is 17.0. The molecule has 1 saturated heterocycles.